The number of halogens is 2. The van der Waals surface area contributed by atoms with Crippen LogP contribution in [0.15, 0.2) is 27.6 Å². The maximum Gasteiger partial charge on any atom is 0.137 e. The van der Waals surface area contributed by atoms with E-state index < -0.39 is 9.73 Å². The fourth-order valence-electron chi connectivity index (χ4n) is 1.39. The van der Waals surface area contributed by atoms with Crippen LogP contribution < -0.4 is 0 Å². The predicted octanol–water partition coefficient (Wildman–Crippen LogP) is 3.40. The van der Waals surface area contributed by atoms with Crippen molar-refractivity contribution in [1.29, 1.82) is 4.78 Å². The molecule has 1 aromatic carbocycles. The van der Waals surface area contributed by atoms with Crippen LogP contribution >= 0.6 is 15.9 Å². The monoisotopic (exact) mass is 291 g/mol. The highest BCUT2D eigenvalue weighted by Crippen LogP contribution is 2.33. The lowest BCUT2D eigenvalue weighted by Gasteiger charge is -2.07. The second-order valence-corrected chi connectivity index (χ2v) is 6.87. The number of hydrogen-bond donors (Lipinski definition) is 1. The van der Waals surface area contributed by atoms with Gasteiger partial charge in [-0.05, 0) is 52.9 Å². The zero-order valence-corrected chi connectivity index (χ0v) is 10.4. The summed E-state index contributed by atoms with van der Waals surface area (Å²) in [6, 6.07) is 4.14. The Bertz CT molecular complexity index is 482. The van der Waals surface area contributed by atoms with Crippen LogP contribution in [0.3, 0.4) is 0 Å². The molecule has 0 aromatic heterocycles. The summed E-state index contributed by atoms with van der Waals surface area (Å²) in [5, 5.41) is 0. The summed E-state index contributed by atoms with van der Waals surface area (Å²) in [5.41, 5.74) is 0. The van der Waals surface area contributed by atoms with E-state index in [2.05, 4.69) is 15.9 Å². The van der Waals surface area contributed by atoms with E-state index in [0.29, 0.717) is 16.6 Å². The third kappa shape index (κ3) is 2.58. The molecular formula is C10H11BrFNOS. The summed E-state index contributed by atoms with van der Waals surface area (Å²) in [6.45, 7) is 0. The van der Waals surface area contributed by atoms with Gasteiger partial charge in [0, 0.05) is 10.6 Å². The Hall–Kier alpha value is -0.420. The van der Waals surface area contributed by atoms with E-state index in [4.69, 9.17) is 4.78 Å². The van der Waals surface area contributed by atoms with Gasteiger partial charge in [0.15, 0.2) is 0 Å². The highest BCUT2D eigenvalue weighted by Gasteiger charge is 2.27. The zero-order chi connectivity index (χ0) is 11.1. The summed E-state index contributed by atoms with van der Waals surface area (Å²) in [6.07, 6.45) is 2.14. The minimum atomic E-state index is -2.73. The maximum absolute atomic E-state index is 13.0. The van der Waals surface area contributed by atoms with Gasteiger partial charge in [-0.25, -0.2) is 13.4 Å². The van der Waals surface area contributed by atoms with Crippen LogP contribution in [0.4, 0.5) is 4.39 Å². The normalized spacial score (nSPS) is 19.9. The molecule has 82 valence electrons. The fourth-order valence-corrected chi connectivity index (χ4v) is 3.71. The average Bonchev–Trinajstić information content (AvgIpc) is 2.92. The van der Waals surface area contributed by atoms with Gasteiger partial charge in [0.2, 0.25) is 0 Å². The zero-order valence-electron chi connectivity index (χ0n) is 8.00. The van der Waals surface area contributed by atoms with E-state index in [-0.39, 0.29) is 10.3 Å². The molecule has 0 radical (unpaired) electrons. The van der Waals surface area contributed by atoms with Crippen LogP contribution in [-0.2, 0) is 9.73 Å². The van der Waals surface area contributed by atoms with Gasteiger partial charge in [0.1, 0.15) is 5.82 Å². The first-order valence-corrected chi connectivity index (χ1v) is 7.22. The molecule has 2 nitrogen and oxygen atoms in total. The summed E-state index contributed by atoms with van der Waals surface area (Å²) >= 11 is 3.04. The molecule has 1 N–H and O–H groups in total. The average molecular weight is 292 g/mol. The van der Waals surface area contributed by atoms with Crippen molar-refractivity contribution in [2.75, 3.05) is 5.75 Å². The quantitative estimate of drug-likeness (QED) is 0.911. The molecule has 0 saturated heterocycles. The van der Waals surface area contributed by atoms with Crippen molar-refractivity contribution in [3.8, 4) is 0 Å². The van der Waals surface area contributed by atoms with Gasteiger partial charge in [-0.2, -0.15) is 0 Å². The topological polar surface area (TPSA) is 40.9 Å². The molecule has 15 heavy (non-hydrogen) atoms. The van der Waals surface area contributed by atoms with Gasteiger partial charge in [0.05, 0.1) is 14.2 Å². The third-order valence-electron chi connectivity index (χ3n) is 2.44. The van der Waals surface area contributed by atoms with Crippen molar-refractivity contribution in [1.82, 2.24) is 0 Å². The van der Waals surface area contributed by atoms with Crippen LogP contribution in [-0.4, -0.2) is 9.96 Å². The molecule has 1 aliphatic carbocycles. The first-order chi connectivity index (χ1) is 6.99. The van der Waals surface area contributed by atoms with Crippen LogP contribution in [0.1, 0.15) is 12.8 Å². The Morgan fingerprint density at radius 2 is 2.20 bits per heavy atom. The fraction of sp³-hybridized carbons (Fsp3) is 0.400. The first-order valence-electron chi connectivity index (χ1n) is 4.70. The number of rotatable bonds is 3. The molecule has 0 heterocycles. The van der Waals surface area contributed by atoms with Gasteiger partial charge in [-0.3, -0.25) is 0 Å². The van der Waals surface area contributed by atoms with E-state index >= 15 is 0 Å². The van der Waals surface area contributed by atoms with Crippen LogP contribution in [0, 0.1) is 16.5 Å². The Morgan fingerprint density at radius 1 is 1.53 bits per heavy atom. The summed E-state index contributed by atoms with van der Waals surface area (Å²) in [4.78, 5) is 0.419. The van der Waals surface area contributed by atoms with Crippen molar-refractivity contribution in [3.05, 3.63) is 28.5 Å². The van der Waals surface area contributed by atoms with E-state index in [0.717, 1.165) is 12.8 Å². The highest BCUT2D eigenvalue weighted by molar-refractivity contribution is 9.10. The molecule has 5 heteroatoms. The van der Waals surface area contributed by atoms with Crippen LogP contribution in [0.2, 0.25) is 0 Å². The van der Waals surface area contributed by atoms with Crippen molar-refractivity contribution >= 4 is 25.7 Å². The molecule has 0 bridgehead atoms. The van der Waals surface area contributed by atoms with Crippen LogP contribution in [0.5, 0.6) is 0 Å². The number of nitrogens with one attached hydrogen (secondary N) is 1. The summed E-state index contributed by atoms with van der Waals surface area (Å²) < 4.78 is 33.0. The molecular weight excluding hydrogens is 281 g/mol. The van der Waals surface area contributed by atoms with Gasteiger partial charge >= 0.3 is 0 Å². The summed E-state index contributed by atoms with van der Waals surface area (Å²) in [5.74, 6) is 0.449. The highest BCUT2D eigenvalue weighted by atomic mass is 79.9. The smallest absolute Gasteiger partial charge is 0.137 e. The summed E-state index contributed by atoms with van der Waals surface area (Å²) in [7, 11) is -2.73. The minimum absolute atomic E-state index is 0.274. The lowest BCUT2D eigenvalue weighted by molar-refractivity contribution is 0.619. The second-order valence-electron chi connectivity index (χ2n) is 3.86. The minimum Gasteiger partial charge on any atom is -0.249 e. The first kappa shape index (κ1) is 11.1. The third-order valence-corrected chi connectivity index (χ3v) is 5.00. The lowest BCUT2D eigenvalue weighted by atomic mass is 10.3. The van der Waals surface area contributed by atoms with Gasteiger partial charge < -0.3 is 0 Å². The number of benzene rings is 1. The predicted molar refractivity (Wildman–Crippen MR) is 60.8 cm³/mol. The Balaban J connectivity index is 2.31. The SMILES string of the molecule is N=S(=O)(CC1CC1)c1ccc(F)c(Br)c1. The van der Waals surface area contributed by atoms with E-state index in [1.54, 1.807) is 0 Å². The largest absolute Gasteiger partial charge is 0.249 e. The molecule has 0 amide bonds. The molecule has 1 fully saturated rings. The molecule has 1 saturated carbocycles. The second kappa shape index (κ2) is 3.87. The van der Waals surface area contributed by atoms with Gasteiger partial charge in [0.25, 0.3) is 0 Å². The maximum atomic E-state index is 13.0. The van der Waals surface area contributed by atoms with E-state index in [1.807, 2.05) is 0 Å². The van der Waals surface area contributed by atoms with Crippen molar-refractivity contribution in [2.24, 2.45) is 5.92 Å². The number of hydrogen-bond acceptors (Lipinski definition) is 2. The molecule has 0 spiro atoms. The molecule has 1 atom stereocenters. The Kier molecular flexibility index (Phi) is 2.85. The molecule has 1 unspecified atom stereocenters. The molecule has 1 aromatic rings. The Morgan fingerprint density at radius 3 is 2.73 bits per heavy atom. The van der Waals surface area contributed by atoms with Crippen LogP contribution in [0.25, 0.3) is 0 Å². The Labute approximate surface area is 97.0 Å². The van der Waals surface area contributed by atoms with Crippen molar-refractivity contribution in [3.63, 3.8) is 0 Å². The molecule has 2 rings (SSSR count). The van der Waals surface area contributed by atoms with E-state index in [1.165, 1.54) is 18.2 Å². The van der Waals surface area contributed by atoms with Crippen molar-refractivity contribution < 1.29 is 8.60 Å². The lowest BCUT2D eigenvalue weighted by Crippen LogP contribution is -2.06. The van der Waals surface area contributed by atoms with Gasteiger partial charge in [-0.15, -0.1) is 0 Å². The molecule has 1 aliphatic rings. The molecule has 0 aliphatic heterocycles. The van der Waals surface area contributed by atoms with Gasteiger partial charge in [-0.1, -0.05) is 0 Å². The van der Waals surface area contributed by atoms with Crippen molar-refractivity contribution in [2.45, 2.75) is 17.7 Å². The standard InChI is InChI=1S/C10H11BrFNOS/c11-9-5-8(3-4-10(9)12)15(13,14)6-7-1-2-7/h3-5,7,13H,1-2,6H2. The van der Waals surface area contributed by atoms with E-state index in [9.17, 15) is 8.60 Å².